The molecule has 0 aliphatic heterocycles. The zero-order valence-corrected chi connectivity index (χ0v) is 23.4. The van der Waals surface area contributed by atoms with E-state index in [1.165, 1.54) is 28.4 Å². The van der Waals surface area contributed by atoms with Crippen LogP contribution in [0.2, 0.25) is 0 Å². The zero-order chi connectivity index (χ0) is 30.0. The molecule has 0 bridgehead atoms. The van der Waals surface area contributed by atoms with Crippen LogP contribution in [0.4, 0.5) is 8.78 Å². The first-order valence-corrected chi connectivity index (χ1v) is 13.0. The van der Waals surface area contributed by atoms with Crippen molar-refractivity contribution < 1.29 is 37.6 Å². The Kier molecular flexibility index (Phi) is 8.12. The molecule has 0 saturated carbocycles. The highest BCUT2D eigenvalue weighted by molar-refractivity contribution is 6.07. The SMILES string of the molecule is COc1ccc2nc(-c3cc(OC)c(OC)c(OC)c3)cc(C(=O)NC(CO)Cc3c[nH]c4cc(F)c(F)cc34)c2c1. The van der Waals surface area contributed by atoms with Gasteiger partial charge >= 0.3 is 0 Å². The highest BCUT2D eigenvalue weighted by Gasteiger charge is 2.22. The van der Waals surface area contributed by atoms with Crippen molar-refractivity contribution in [3.05, 3.63) is 77.5 Å². The van der Waals surface area contributed by atoms with Crippen LogP contribution >= 0.6 is 0 Å². The number of aliphatic hydroxyl groups is 1. The number of carbonyl (C=O) groups excluding carboxylic acids is 1. The summed E-state index contributed by atoms with van der Waals surface area (Å²) in [4.78, 5) is 21.5. The Hall–Kier alpha value is -4.90. The molecular formula is C31H29F2N3O6. The van der Waals surface area contributed by atoms with Gasteiger partial charge in [-0.3, -0.25) is 4.79 Å². The molecule has 0 fully saturated rings. The van der Waals surface area contributed by atoms with Crippen LogP contribution in [0.3, 0.4) is 0 Å². The smallest absolute Gasteiger partial charge is 0.252 e. The number of benzene rings is 3. The summed E-state index contributed by atoms with van der Waals surface area (Å²) in [6.07, 6.45) is 1.77. The van der Waals surface area contributed by atoms with Gasteiger partial charge in [0.1, 0.15) is 5.75 Å². The lowest BCUT2D eigenvalue weighted by Crippen LogP contribution is -2.39. The zero-order valence-electron chi connectivity index (χ0n) is 23.4. The van der Waals surface area contributed by atoms with Crippen LogP contribution in [-0.2, 0) is 6.42 Å². The van der Waals surface area contributed by atoms with Crippen molar-refractivity contribution in [2.75, 3.05) is 35.0 Å². The quantitative estimate of drug-likeness (QED) is 0.213. The van der Waals surface area contributed by atoms with Crippen molar-refractivity contribution in [3.8, 4) is 34.3 Å². The summed E-state index contributed by atoms with van der Waals surface area (Å²) < 4.78 is 49.4. The van der Waals surface area contributed by atoms with Crippen LogP contribution in [0.15, 0.2) is 54.7 Å². The molecule has 2 heterocycles. The van der Waals surface area contributed by atoms with E-state index in [0.717, 1.165) is 12.1 Å². The fraction of sp³-hybridized carbons (Fsp3) is 0.226. The molecule has 1 atom stereocenters. The largest absolute Gasteiger partial charge is 0.497 e. The van der Waals surface area contributed by atoms with Crippen molar-refractivity contribution in [1.82, 2.24) is 15.3 Å². The Bertz CT molecular complexity index is 1760. The van der Waals surface area contributed by atoms with Gasteiger partial charge in [0, 0.05) is 34.1 Å². The molecule has 1 unspecified atom stereocenters. The number of rotatable bonds is 10. The predicted molar refractivity (Wildman–Crippen MR) is 154 cm³/mol. The number of halogens is 2. The maximum absolute atomic E-state index is 13.9. The second-order valence-corrected chi connectivity index (χ2v) is 9.54. The summed E-state index contributed by atoms with van der Waals surface area (Å²) in [6, 6.07) is 11.7. The van der Waals surface area contributed by atoms with Crippen LogP contribution in [-0.4, -0.2) is 62.1 Å². The Balaban J connectivity index is 1.55. The van der Waals surface area contributed by atoms with E-state index in [9.17, 15) is 18.7 Å². The van der Waals surface area contributed by atoms with E-state index >= 15 is 0 Å². The summed E-state index contributed by atoms with van der Waals surface area (Å²) in [6.45, 7) is -0.395. The number of aromatic nitrogens is 2. The second kappa shape index (κ2) is 11.9. The summed E-state index contributed by atoms with van der Waals surface area (Å²) >= 11 is 0. The van der Waals surface area contributed by atoms with Gasteiger partial charge in [-0.15, -0.1) is 0 Å². The Morgan fingerprint density at radius 2 is 1.64 bits per heavy atom. The van der Waals surface area contributed by atoms with Gasteiger partial charge in [-0.25, -0.2) is 13.8 Å². The monoisotopic (exact) mass is 577 g/mol. The number of amides is 1. The molecule has 0 aliphatic carbocycles. The number of methoxy groups -OCH3 is 4. The van der Waals surface area contributed by atoms with E-state index in [1.54, 1.807) is 42.6 Å². The molecule has 218 valence electrons. The summed E-state index contributed by atoms with van der Waals surface area (Å²) in [7, 11) is 6.05. The van der Waals surface area contributed by atoms with Gasteiger partial charge in [-0.2, -0.15) is 0 Å². The summed E-state index contributed by atoms with van der Waals surface area (Å²) in [5, 5.41) is 14.0. The third-order valence-electron chi connectivity index (χ3n) is 7.05. The van der Waals surface area contributed by atoms with Crippen LogP contribution in [0.5, 0.6) is 23.0 Å². The topological polar surface area (TPSA) is 115 Å². The standard InChI is InChI=1S/C31H29F2N3O6/c1-39-19-5-6-25-21(10-19)22(12-26(36-25)16-8-28(40-2)30(42-4)29(9-16)41-3)31(38)35-18(15-37)7-17-14-34-27-13-24(33)23(32)11-20(17)27/h5-6,8-14,18,34,37H,7,15H2,1-4H3,(H,35,38). The Morgan fingerprint density at radius 1 is 0.929 bits per heavy atom. The first-order valence-electron chi connectivity index (χ1n) is 13.0. The molecule has 0 aliphatic rings. The molecule has 1 amide bonds. The normalized spacial score (nSPS) is 11.9. The number of aliphatic hydroxyl groups excluding tert-OH is 1. The van der Waals surface area contributed by atoms with E-state index in [0.29, 0.717) is 61.6 Å². The van der Waals surface area contributed by atoms with E-state index in [1.807, 2.05) is 0 Å². The molecule has 3 N–H and O–H groups in total. The van der Waals surface area contributed by atoms with E-state index in [-0.39, 0.29) is 12.0 Å². The predicted octanol–water partition coefficient (Wildman–Crippen LogP) is 5.03. The molecule has 5 aromatic rings. The molecule has 11 heteroatoms. The lowest BCUT2D eigenvalue weighted by Gasteiger charge is -2.18. The summed E-state index contributed by atoms with van der Waals surface area (Å²) in [5.41, 5.74) is 2.92. The number of hydrogen-bond donors (Lipinski definition) is 3. The average Bonchev–Trinajstić information content (AvgIpc) is 3.39. The van der Waals surface area contributed by atoms with Crippen LogP contribution in [0.1, 0.15) is 15.9 Å². The van der Waals surface area contributed by atoms with Gasteiger partial charge in [-0.1, -0.05) is 0 Å². The lowest BCUT2D eigenvalue weighted by molar-refractivity contribution is 0.0918. The molecule has 0 spiro atoms. The Labute approximate surface area is 240 Å². The number of aromatic amines is 1. The molecule has 0 radical (unpaired) electrons. The number of fused-ring (bicyclic) bond motifs is 2. The van der Waals surface area contributed by atoms with Crippen LogP contribution in [0.25, 0.3) is 33.1 Å². The fourth-order valence-electron chi connectivity index (χ4n) is 4.93. The van der Waals surface area contributed by atoms with Gasteiger partial charge in [0.2, 0.25) is 5.75 Å². The molecule has 2 aromatic heterocycles. The Morgan fingerprint density at radius 3 is 2.29 bits per heavy atom. The molecular weight excluding hydrogens is 548 g/mol. The molecule has 42 heavy (non-hydrogen) atoms. The second-order valence-electron chi connectivity index (χ2n) is 9.54. The van der Waals surface area contributed by atoms with Crippen LogP contribution < -0.4 is 24.3 Å². The molecule has 5 rings (SSSR count). The maximum Gasteiger partial charge on any atom is 0.252 e. The van der Waals surface area contributed by atoms with Gasteiger partial charge < -0.3 is 34.4 Å². The molecule has 3 aromatic carbocycles. The number of hydrogen-bond acceptors (Lipinski definition) is 7. The van der Waals surface area contributed by atoms with Gasteiger partial charge in [0.25, 0.3) is 5.91 Å². The number of nitrogens with one attached hydrogen (secondary N) is 2. The van der Waals surface area contributed by atoms with E-state index in [2.05, 4.69) is 10.3 Å². The third-order valence-corrected chi connectivity index (χ3v) is 7.05. The lowest BCUT2D eigenvalue weighted by atomic mass is 10.0. The van der Waals surface area contributed by atoms with Gasteiger partial charge in [-0.05, 0) is 54.4 Å². The molecule has 9 nitrogen and oxygen atoms in total. The minimum Gasteiger partial charge on any atom is -0.497 e. The van der Waals surface area contributed by atoms with Crippen molar-refractivity contribution in [2.24, 2.45) is 0 Å². The fourth-order valence-corrected chi connectivity index (χ4v) is 4.93. The highest BCUT2D eigenvalue weighted by atomic mass is 19.2. The number of nitrogens with zero attached hydrogens (tertiary/aromatic N) is 1. The molecule has 0 saturated heterocycles. The first-order chi connectivity index (χ1) is 20.3. The third kappa shape index (κ3) is 5.38. The maximum atomic E-state index is 13.9. The minimum absolute atomic E-state index is 0.166. The number of H-pyrrole nitrogens is 1. The number of ether oxygens (including phenoxy) is 4. The van der Waals surface area contributed by atoms with E-state index < -0.39 is 30.2 Å². The van der Waals surface area contributed by atoms with E-state index in [4.69, 9.17) is 23.9 Å². The number of carbonyl (C=O) groups is 1. The first kappa shape index (κ1) is 28.6. The van der Waals surface area contributed by atoms with Crippen molar-refractivity contribution in [2.45, 2.75) is 12.5 Å². The van der Waals surface area contributed by atoms with Crippen molar-refractivity contribution >= 4 is 27.7 Å². The average molecular weight is 578 g/mol. The minimum atomic E-state index is -0.982. The van der Waals surface area contributed by atoms with Crippen molar-refractivity contribution in [3.63, 3.8) is 0 Å². The number of pyridine rings is 1. The summed E-state index contributed by atoms with van der Waals surface area (Å²) in [5.74, 6) is -0.631. The van der Waals surface area contributed by atoms with Crippen molar-refractivity contribution in [1.29, 1.82) is 0 Å². The van der Waals surface area contributed by atoms with Gasteiger partial charge in [0.15, 0.2) is 23.1 Å². The van der Waals surface area contributed by atoms with Crippen LogP contribution in [0, 0.1) is 11.6 Å². The van der Waals surface area contributed by atoms with Gasteiger partial charge in [0.05, 0.1) is 57.9 Å². The highest BCUT2D eigenvalue weighted by Crippen LogP contribution is 2.41.